The molecule has 1 aromatic rings. The average molecular weight is 302 g/mol. The molecule has 1 heterocycles. The zero-order valence-corrected chi connectivity index (χ0v) is 13.9. The third kappa shape index (κ3) is 6.39. The van der Waals surface area contributed by atoms with Gasteiger partial charge in [-0.05, 0) is 19.3 Å². The van der Waals surface area contributed by atoms with Gasteiger partial charge < -0.3 is 23.9 Å². The summed E-state index contributed by atoms with van der Waals surface area (Å²) in [6, 6.07) is 0. The van der Waals surface area contributed by atoms with Gasteiger partial charge in [0.25, 0.3) is 5.88 Å². The Morgan fingerprint density at radius 1 is 0.955 bits per heavy atom. The Balaban J connectivity index is 0.00000441. The molecule has 0 spiro atoms. The van der Waals surface area contributed by atoms with E-state index in [4.69, 9.17) is 18.9 Å². The van der Waals surface area contributed by atoms with Crippen molar-refractivity contribution in [1.82, 2.24) is 4.98 Å². The van der Waals surface area contributed by atoms with Crippen molar-refractivity contribution in [3.63, 3.8) is 0 Å². The molecule has 0 saturated heterocycles. The molecule has 1 rings (SSSR count). The van der Waals surface area contributed by atoms with Crippen molar-refractivity contribution in [2.24, 2.45) is 0 Å². The molecular formula is C14H22BLiNO5. The summed E-state index contributed by atoms with van der Waals surface area (Å²) in [4.78, 5) is 4.15. The molecule has 0 bridgehead atoms. The first-order valence-electron chi connectivity index (χ1n) is 7.30. The molecule has 0 fully saturated rings. The molecule has 117 valence electrons. The van der Waals surface area contributed by atoms with Crippen LogP contribution < -0.4 is 42.7 Å². The van der Waals surface area contributed by atoms with Gasteiger partial charge in [0.1, 0.15) is 0 Å². The van der Waals surface area contributed by atoms with Crippen molar-refractivity contribution in [2.45, 2.75) is 40.0 Å². The molecule has 0 aliphatic rings. The molecule has 0 aromatic carbocycles. The third-order valence-corrected chi connectivity index (χ3v) is 2.44. The fraction of sp³-hybridized carbons (Fsp3) is 0.643. The maximum Gasteiger partial charge on any atom is 1.00 e. The van der Waals surface area contributed by atoms with Gasteiger partial charge in [-0.2, -0.15) is 0 Å². The van der Waals surface area contributed by atoms with Gasteiger partial charge in [-0.25, -0.2) is 4.98 Å². The minimum Gasteiger partial charge on any atom is -0.850 e. The van der Waals surface area contributed by atoms with E-state index in [2.05, 4.69) is 4.98 Å². The molecule has 0 unspecified atom stereocenters. The summed E-state index contributed by atoms with van der Waals surface area (Å²) in [6.07, 6.45) is 4.02. The Kier molecular flexibility index (Phi) is 11.9. The Bertz CT molecular complexity index is 422. The van der Waals surface area contributed by atoms with E-state index in [0.717, 1.165) is 19.3 Å². The molecule has 0 aliphatic carbocycles. The van der Waals surface area contributed by atoms with Crippen LogP contribution in [0.4, 0.5) is 0 Å². The first-order valence-corrected chi connectivity index (χ1v) is 7.30. The maximum atomic E-state index is 10.7. The first kappa shape index (κ1) is 21.0. The third-order valence-electron chi connectivity index (χ3n) is 2.44. The smallest absolute Gasteiger partial charge is 0.850 e. The van der Waals surface area contributed by atoms with Gasteiger partial charge in [-0.3, -0.25) is 0 Å². The fourth-order valence-electron chi connectivity index (χ4n) is 1.55. The quantitative estimate of drug-likeness (QED) is 0.474. The molecule has 1 radical (unpaired) electrons. The Labute approximate surface area is 145 Å². The van der Waals surface area contributed by atoms with E-state index in [1.165, 1.54) is 6.20 Å². The van der Waals surface area contributed by atoms with Gasteiger partial charge in [-0.15, -0.1) is 0 Å². The van der Waals surface area contributed by atoms with E-state index in [-0.39, 0.29) is 30.5 Å². The number of rotatable bonds is 11. The van der Waals surface area contributed by atoms with Crippen molar-refractivity contribution >= 4 is 7.69 Å². The minimum absolute atomic E-state index is 0. The molecule has 0 amide bonds. The summed E-state index contributed by atoms with van der Waals surface area (Å²) in [5, 5.41) is 10.7. The second-order valence-electron chi connectivity index (χ2n) is 4.35. The van der Waals surface area contributed by atoms with E-state index in [1.54, 1.807) is 0 Å². The number of hydrogen-bond donors (Lipinski definition) is 0. The SMILES string of the molecule is CCCOc1cnc(OCCC)c(O[B][O-])c1OCCC.[Li+]. The molecule has 0 N–H and O–H groups in total. The molecule has 0 saturated carbocycles. The topological polar surface area (TPSA) is 72.9 Å². The summed E-state index contributed by atoms with van der Waals surface area (Å²) in [6.45, 7) is 7.46. The van der Waals surface area contributed by atoms with Crippen LogP contribution in [0.25, 0.3) is 0 Å². The zero-order chi connectivity index (χ0) is 15.5. The standard InChI is InChI=1S/C14H22BNO5.Li/c1-4-7-18-11-10-16-14(20-9-6-3)13(21-15-17)12(11)19-8-5-2;/h10H,4-9H2,1-3H3;/q-1;+1. The number of nitrogens with zero attached hydrogens (tertiary/aromatic N) is 1. The van der Waals surface area contributed by atoms with Gasteiger partial charge in [0.05, 0.1) is 26.0 Å². The van der Waals surface area contributed by atoms with E-state index < -0.39 is 0 Å². The van der Waals surface area contributed by atoms with E-state index in [9.17, 15) is 5.02 Å². The van der Waals surface area contributed by atoms with Crippen LogP contribution in [0.2, 0.25) is 0 Å². The summed E-state index contributed by atoms with van der Waals surface area (Å²) >= 11 is 0. The predicted molar refractivity (Wildman–Crippen MR) is 78.0 cm³/mol. The average Bonchev–Trinajstić information content (AvgIpc) is 2.51. The van der Waals surface area contributed by atoms with Crippen LogP contribution in [0.5, 0.6) is 23.1 Å². The van der Waals surface area contributed by atoms with Gasteiger partial charge in [0.2, 0.25) is 19.2 Å². The zero-order valence-electron chi connectivity index (χ0n) is 13.9. The second-order valence-corrected chi connectivity index (χ2v) is 4.35. The van der Waals surface area contributed by atoms with Crippen molar-refractivity contribution in [3.05, 3.63) is 6.20 Å². The number of pyridine rings is 1. The normalized spacial score (nSPS) is 9.64. The van der Waals surface area contributed by atoms with Crippen molar-refractivity contribution < 1.29 is 42.7 Å². The van der Waals surface area contributed by atoms with Gasteiger partial charge in [-0.1, -0.05) is 20.8 Å². The number of ether oxygens (including phenoxy) is 3. The summed E-state index contributed by atoms with van der Waals surface area (Å²) < 4.78 is 21.7. The van der Waals surface area contributed by atoms with Crippen LogP contribution in [0, 0.1) is 0 Å². The van der Waals surface area contributed by atoms with E-state index >= 15 is 0 Å². The van der Waals surface area contributed by atoms with E-state index in [0.29, 0.717) is 39.0 Å². The van der Waals surface area contributed by atoms with Crippen LogP contribution >= 0.6 is 0 Å². The molecule has 22 heavy (non-hydrogen) atoms. The molecular weight excluding hydrogens is 280 g/mol. The summed E-state index contributed by atoms with van der Waals surface area (Å²) in [7, 11) is 0.332. The van der Waals surface area contributed by atoms with Crippen molar-refractivity contribution in [2.75, 3.05) is 19.8 Å². The van der Waals surface area contributed by atoms with E-state index in [1.807, 2.05) is 20.8 Å². The Morgan fingerprint density at radius 2 is 1.55 bits per heavy atom. The summed E-state index contributed by atoms with van der Waals surface area (Å²) in [5.41, 5.74) is 0. The van der Waals surface area contributed by atoms with Crippen LogP contribution in [0.3, 0.4) is 0 Å². The van der Waals surface area contributed by atoms with Crippen LogP contribution in [-0.4, -0.2) is 32.5 Å². The van der Waals surface area contributed by atoms with Gasteiger partial charge in [0, 0.05) is 0 Å². The monoisotopic (exact) mass is 302 g/mol. The van der Waals surface area contributed by atoms with Gasteiger partial charge >= 0.3 is 18.9 Å². The molecule has 8 heteroatoms. The number of hydrogen-bond acceptors (Lipinski definition) is 6. The summed E-state index contributed by atoms with van der Waals surface area (Å²) in [5.74, 6) is 1.21. The minimum atomic E-state index is 0. The van der Waals surface area contributed by atoms with Gasteiger partial charge in [0.15, 0.2) is 5.75 Å². The molecule has 0 aliphatic heterocycles. The van der Waals surface area contributed by atoms with Crippen LogP contribution in [-0.2, 0) is 0 Å². The van der Waals surface area contributed by atoms with Crippen molar-refractivity contribution in [1.29, 1.82) is 0 Å². The molecule has 0 atom stereocenters. The Morgan fingerprint density at radius 3 is 2.14 bits per heavy atom. The Hall–Kier alpha value is -1.03. The molecule has 1 aromatic heterocycles. The van der Waals surface area contributed by atoms with Crippen LogP contribution in [0.1, 0.15) is 40.0 Å². The molecule has 6 nitrogen and oxygen atoms in total. The van der Waals surface area contributed by atoms with Crippen LogP contribution in [0.15, 0.2) is 6.20 Å². The fourth-order valence-corrected chi connectivity index (χ4v) is 1.55. The number of aromatic nitrogens is 1. The predicted octanol–water partition coefficient (Wildman–Crippen LogP) is -1.27. The first-order chi connectivity index (χ1) is 10.3. The van der Waals surface area contributed by atoms with Crippen molar-refractivity contribution in [3.8, 4) is 23.1 Å². The largest absolute Gasteiger partial charge is 1.00 e. The second kappa shape index (κ2) is 12.5. The maximum absolute atomic E-state index is 10.7.